The van der Waals surface area contributed by atoms with Gasteiger partial charge in [-0.2, -0.15) is 0 Å². The molecule has 44 heavy (non-hydrogen) atoms. The summed E-state index contributed by atoms with van der Waals surface area (Å²) in [5, 5.41) is 15.1. The Morgan fingerprint density at radius 2 is 0.568 bits per heavy atom. The smallest absolute Gasteiger partial charge is 0.395 e. The molecule has 0 aliphatic carbocycles. The molecule has 0 aliphatic heterocycles. The first-order valence-corrected chi connectivity index (χ1v) is 19.8. The summed E-state index contributed by atoms with van der Waals surface area (Å²) in [4.78, 5) is 0. The van der Waals surface area contributed by atoms with E-state index in [0.717, 1.165) is 33.4 Å². The van der Waals surface area contributed by atoms with Crippen molar-refractivity contribution in [2.45, 2.75) is 0 Å². The largest absolute Gasteiger partial charge is 0.738 e. The average Bonchev–Trinajstić information content (AvgIpc) is 3.08. The maximum atomic E-state index is 5.60. The summed E-state index contributed by atoms with van der Waals surface area (Å²) in [5.41, 5.74) is 4.10. The summed E-state index contributed by atoms with van der Waals surface area (Å²) < 4.78 is 0. The summed E-state index contributed by atoms with van der Waals surface area (Å²) >= 11 is 11.2. The van der Waals surface area contributed by atoms with Gasteiger partial charge in [-0.25, -0.2) is 20.3 Å². The lowest BCUT2D eigenvalue weighted by Crippen LogP contribution is -2.27. The number of hydrogen-bond acceptors (Lipinski definition) is 6. The highest BCUT2D eigenvalue weighted by molar-refractivity contribution is 8.60. The summed E-state index contributed by atoms with van der Waals surface area (Å²) in [6.45, 7) is 0. The van der Waals surface area contributed by atoms with Crippen molar-refractivity contribution in [3.05, 3.63) is 182 Å². The molecule has 6 aromatic carbocycles. The molecule has 6 aromatic rings. The number of para-hydroxylation sites is 4. The van der Waals surface area contributed by atoms with E-state index in [1.54, 1.807) is 0 Å². The lowest BCUT2D eigenvalue weighted by Gasteiger charge is -2.29. The molecule has 0 atom stereocenters. The van der Waals surface area contributed by atoms with E-state index in [1.165, 1.54) is 0 Å². The summed E-state index contributed by atoms with van der Waals surface area (Å²) in [5.74, 6) is 0. The molecule has 0 amide bonds. The van der Waals surface area contributed by atoms with Crippen LogP contribution in [0.3, 0.4) is 0 Å². The predicted molar refractivity (Wildman–Crippen MR) is 201 cm³/mol. The fourth-order valence-corrected chi connectivity index (χ4v) is 9.76. The second-order valence-corrected chi connectivity index (χ2v) is 18.2. The van der Waals surface area contributed by atoms with Gasteiger partial charge in [-0.1, -0.05) is 133 Å². The third-order valence-electron chi connectivity index (χ3n) is 6.47. The number of hydrogen-bond donors (Lipinski definition) is 4. The van der Waals surface area contributed by atoms with Gasteiger partial charge >= 0.3 is 7.87 Å². The number of nitrogens with one attached hydrogen (secondary N) is 4. The van der Waals surface area contributed by atoms with Crippen LogP contribution in [-0.2, 0) is 24.1 Å². The molecule has 0 aromatic heterocycles. The molecule has 0 bridgehead atoms. The van der Waals surface area contributed by atoms with Crippen LogP contribution in [0, 0.1) is 0 Å². The van der Waals surface area contributed by atoms with Crippen molar-refractivity contribution < 1.29 is 0 Å². The van der Waals surface area contributed by atoms with Crippen LogP contribution in [0.5, 0.6) is 0 Å². The number of anilines is 4. The lowest BCUT2D eigenvalue weighted by atomic mass is 10.3. The van der Waals surface area contributed by atoms with E-state index in [0.29, 0.717) is 0 Å². The topological polar surface area (TPSA) is 48.1 Å². The Hall–Kier alpha value is -4.05. The third kappa shape index (κ3) is 8.98. The maximum absolute atomic E-state index is 5.60. The first-order valence-electron chi connectivity index (χ1n) is 14.2. The van der Waals surface area contributed by atoms with Gasteiger partial charge in [0.25, 0.3) is 0 Å². The molecule has 220 valence electrons. The van der Waals surface area contributed by atoms with Gasteiger partial charge in [-0.05, 0) is 59.1 Å². The highest BCUT2D eigenvalue weighted by Crippen LogP contribution is 2.56. The Morgan fingerprint density at radius 3 is 0.795 bits per heavy atom. The number of benzene rings is 6. The molecule has 0 aliphatic rings. The molecule has 4 nitrogen and oxygen atoms in total. The van der Waals surface area contributed by atoms with Crippen molar-refractivity contribution in [3.63, 3.8) is 0 Å². The molecule has 0 unspecified atom stereocenters. The minimum atomic E-state index is -2.38. The summed E-state index contributed by atoms with van der Waals surface area (Å²) in [6.07, 6.45) is 0. The fraction of sp³-hybridized carbons (Fsp3) is 0. The molecule has 0 fully saturated rings. The SMILES string of the molecule is S=P([S-])(c1ccccc1)c1ccccc1.c1ccc(N[P+](Nc2ccccc2)(Nc2ccccc2)Nc2ccccc2)cc1. The second kappa shape index (κ2) is 15.6. The van der Waals surface area contributed by atoms with E-state index in [-0.39, 0.29) is 0 Å². The van der Waals surface area contributed by atoms with Crippen LogP contribution in [0.2, 0.25) is 0 Å². The van der Waals surface area contributed by atoms with E-state index < -0.39 is 13.1 Å². The van der Waals surface area contributed by atoms with Crippen LogP contribution in [0.25, 0.3) is 0 Å². The molecular weight excluding hydrogens is 615 g/mol. The van der Waals surface area contributed by atoms with Crippen molar-refractivity contribution >= 4 is 70.5 Å². The molecule has 0 radical (unpaired) electrons. The van der Waals surface area contributed by atoms with Crippen LogP contribution in [0.15, 0.2) is 182 Å². The van der Waals surface area contributed by atoms with E-state index in [9.17, 15) is 0 Å². The zero-order valence-corrected chi connectivity index (χ0v) is 27.5. The zero-order valence-electron chi connectivity index (χ0n) is 24.0. The van der Waals surface area contributed by atoms with Gasteiger partial charge in [-0.3, -0.25) is 0 Å². The normalized spacial score (nSPS) is 10.9. The lowest BCUT2D eigenvalue weighted by molar-refractivity contribution is 1.54. The van der Waals surface area contributed by atoms with E-state index in [4.69, 9.17) is 24.1 Å². The predicted octanol–water partition coefficient (Wildman–Crippen LogP) is 9.69. The van der Waals surface area contributed by atoms with Crippen LogP contribution < -0.4 is 31.0 Å². The Labute approximate surface area is 271 Å². The molecule has 0 heterocycles. The van der Waals surface area contributed by atoms with E-state index in [2.05, 4.69) is 68.9 Å². The van der Waals surface area contributed by atoms with Crippen molar-refractivity contribution in [2.75, 3.05) is 20.3 Å². The molecule has 0 saturated carbocycles. The molecular formula is C36H34N4P2S2. The van der Waals surface area contributed by atoms with Gasteiger partial charge in [0.2, 0.25) is 0 Å². The Kier molecular flexibility index (Phi) is 11.1. The minimum Gasteiger partial charge on any atom is -0.738 e. The fourth-order valence-electron chi connectivity index (χ4n) is 4.39. The van der Waals surface area contributed by atoms with Crippen molar-refractivity contribution in [2.24, 2.45) is 0 Å². The van der Waals surface area contributed by atoms with Crippen molar-refractivity contribution in [3.8, 4) is 0 Å². The first kappa shape index (κ1) is 31.4. The van der Waals surface area contributed by atoms with Gasteiger partial charge in [0.05, 0.1) is 22.7 Å². The highest BCUT2D eigenvalue weighted by atomic mass is 32.9. The van der Waals surface area contributed by atoms with E-state index >= 15 is 0 Å². The summed E-state index contributed by atoms with van der Waals surface area (Å²) in [6, 6.07) is 60.9. The standard InChI is InChI=1S/C24H24N4P.C12H11PS2/c1-5-13-21(14-6-1)25-29(26-22-15-7-2-8-16-22,27-23-17-9-3-10-18-23)28-24-19-11-4-12-20-24;14-13(15,11-7-3-1-4-8-11)12-9-5-2-6-10-12/h1-20,25-28H;1-10H,(H,14,15)/q+1;/p-1. The van der Waals surface area contributed by atoms with Crippen LogP contribution in [0.4, 0.5) is 22.7 Å². The van der Waals surface area contributed by atoms with Crippen LogP contribution in [0.1, 0.15) is 0 Å². The van der Waals surface area contributed by atoms with Crippen LogP contribution in [-0.4, -0.2) is 0 Å². The van der Waals surface area contributed by atoms with Gasteiger partial charge < -0.3 is 12.2 Å². The quantitative estimate of drug-likeness (QED) is 0.0877. The van der Waals surface area contributed by atoms with Gasteiger partial charge in [-0.15, -0.1) is 17.0 Å². The van der Waals surface area contributed by atoms with Crippen molar-refractivity contribution in [1.29, 1.82) is 0 Å². The van der Waals surface area contributed by atoms with Gasteiger partial charge in [0, 0.05) is 0 Å². The maximum Gasteiger partial charge on any atom is 0.395 e. The minimum absolute atomic E-state index is 1.02. The Morgan fingerprint density at radius 1 is 0.364 bits per heavy atom. The second-order valence-electron chi connectivity index (χ2n) is 9.80. The zero-order chi connectivity index (χ0) is 30.5. The van der Waals surface area contributed by atoms with Crippen LogP contribution >= 0.6 is 13.1 Å². The highest BCUT2D eigenvalue weighted by Gasteiger charge is 2.40. The molecule has 4 N–H and O–H groups in total. The molecule has 8 heteroatoms. The third-order valence-corrected chi connectivity index (χ3v) is 13.3. The van der Waals surface area contributed by atoms with Crippen molar-refractivity contribution in [1.82, 2.24) is 0 Å². The average molecular weight is 649 g/mol. The Balaban J connectivity index is 0.000000215. The molecule has 0 saturated heterocycles. The molecule has 6 rings (SSSR count). The number of rotatable bonds is 10. The van der Waals surface area contributed by atoms with Gasteiger partial charge in [0.1, 0.15) is 0 Å². The van der Waals surface area contributed by atoms with Gasteiger partial charge in [0.15, 0.2) is 0 Å². The summed E-state index contributed by atoms with van der Waals surface area (Å²) in [7, 11) is -2.38. The molecule has 0 spiro atoms. The Bertz CT molecular complexity index is 1520. The van der Waals surface area contributed by atoms with E-state index in [1.807, 2.05) is 133 Å². The monoisotopic (exact) mass is 648 g/mol. The first-order chi connectivity index (χ1) is 21.5.